The molecule has 1 aliphatic rings. The lowest BCUT2D eigenvalue weighted by atomic mass is 10.1. The number of carbonyl (C=O) groups excluding carboxylic acids is 2. The normalized spacial score (nSPS) is 14.4. The van der Waals surface area contributed by atoms with E-state index < -0.39 is 6.04 Å². The van der Waals surface area contributed by atoms with Crippen molar-refractivity contribution < 1.29 is 9.59 Å². The van der Waals surface area contributed by atoms with Crippen LogP contribution in [0.2, 0.25) is 0 Å². The highest BCUT2D eigenvalue weighted by Crippen LogP contribution is 2.27. The fraction of sp³-hybridized carbons (Fsp3) is 0.333. The van der Waals surface area contributed by atoms with Gasteiger partial charge in [0.25, 0.3) is 5.91 Å². The number of benzene rings is 2. The SMILES string of the molecule is CCC[C@H](C(=O)Nc1ccc(C)cc1C)N1Cc2ccccc2C1=O. The highest BCUT2D eigenvalue weighted by atomic mass is 16.2. The predicted octanol–water partition coefficient (Wildman–Crippen LogP) is 4.07. The summed E-state index contributed by atoms with van der Waals surface area (Å²) in [7, 11) is 0. The Morgan fingerprint density at radius 2 is 1.96 bits per heavy atom. The second kappa shape index (κ2) is 7.09. The molecule has 0 bridgehead atoms. The van der Waals surface area contributed by atoms with Gasteiger partial charge in [-0.05, 0) is 43.5 Å². The van der Waals surface area contributed by atoms with Crippen LogP contribution in [0.1, 0.15) is 46.8 Å². The lowest BCUT2D eigenvalue weighted by molar-refractivity contribution is -0.120. The summed E-state index contributed by atoms with van der Waals surface area (Å²) in [4.78, 5) is 27.3. The van der Waals surface area contributed by atoms with Crippen molar-refractivity contribution in [2.24, 2.45) is 0 Å². The molecule has 0 saturated carbocycles. The summed E-state index contributed by atoms with van der Waals surface area (Å²) < 4.78 is 0. The van der Waals surface area contributed by atoms with Crippen molar-refractivity contribution in [3.8, 4) is 0 Å². The summed E-state index contributed by atoms with van der Waals surface area (Å²) in [6, 6.07) is 13.1. The molecular weight excluding hydrogens is 312 g/mol. The quantitative estimate of drug-likeness (QED) is 0.895. The van der Waals surface area contributed by atoms with E-state index in [-0.39, 0.29) is 11.8 Å². The van der Waals surface area contributed by atoms with Gasteiger partial charge in [-0.2, -0.15) is 0 Å². The largest absolute Gasteiger partial charge is 0.324 e. The Morgan fingerprint density at radius 3 is 2.64 bits per heavy atom. The van der Waals surface area contributed by atoms with Crippen LogP contribution >= 0.6 is 0 Å². The number of nitrogens with one attached hydrogen (secondary N) is 1. The lowest BCUT2D eigenvalue weighted by Gasteiger charge is -2.27. The highest BCUT2D eigenvalue weighted by Gasteiger charge is 2.35. The third-order valence-corrected chi connectivity index (χ3v) is 4.73. The second-order valence-electron chi connectivity index (χ2n) is 6.70. The van der Waals surface area contributed by atoms with Gasteiger partial charge in [0.05, 0.1) is 0 Å². The van der Waals surface area contributed by atoms with Crippen molar-refractivity contribution in [1.29, 1.82) is 0 Å². The number of fused-ring (bicyclic) bond motifs is 1. The van der Waals surface area contributed by atoms with Gasteiger partial charge in [0.2, 0.25) is 5.91 Å². The van der Waals surface area contributed by atoms with Crippen LogP contribution in [0.25, 0.3) is 0 Å². The minimum absolute atomic E-state index is 0.0511. The maximum absolute atomic E-state index is 12.9. The molecular formula is C21H24N2O2. The van der Waals surface area contributed by atoms with Crippen LogP contribution in [-0.2, 0) is 11.3 Å². The van der Waals surface area contributed by atoms with Crippen LogP contribution in [0.5, 0.6) is 0 Å². The molecule has 2 amide bonds. The number of anilines is 1. The van der Waals surface area contributed by atoms with E-state index in [4.69, 9.17) is 0 Å². The Bertz CT molecular complexity index is 813. The second-order valence-corrected chi connectivity index (χ2v) is 6.70. The molecule has 4 nitrogen and oxygen atoms in total. The zero-order valence-electron chi connectivity index (χ0n) is 15.0. The molecule has 4 heteroatoms. The summed E-state index contributed by atoms with van der Waals surface area (Å²) in [6.45, 7) is 6.54. The molecule has 0 aromatic heterocycles. The molecule has 1 atom stereocenters. The number of aryl methyl sites for hydroxylation is 2. The van der Waals surface area contributed by atoms with Gasteiger partial charge in [-0.1, -0.05) is 49.2 Å². The number of nitrogens with zero attached hydrogens (tertiary/aromatic N) is 1. The molecule has 1 heterocycles. The van der Waals surface area contributed by atoms with E-state index in [2.05, 4.69) is 5.32 Å². The molecule has 2 aromatic rings. The van der Waals surface area contributed by atoms with Crippen LogP contribution in [0, 0.1) is 13.8 Å². The van der Waals surface area contributed by atoms with E-state index in [1.54, 1.807) is 4.90 Å². The smallest absolute Gasteiger partial charge is 0.255 e. The van der Waals surface area contributed by atoms with Crippen molar-refractivity contribution in [3.05, 3.63) is 64.7 Å². The average Bonchev–Trinajstić information content (AvgIpc) is 2.92. The highest BCUT2D eigenvalue weighted by molar-refractivity contribution is 6.03. The average molecular weight is 336 g/mol. The maximum Gasteiger partial charge on any atom is 0.255 e. The van der Waals surface area contributed by atoms with Gasteiger partial charge in [-0.15, -0.1) is 0 Å². The number of rotatable bonds is 5. The maximum atomic E-state index is 12.9. The molecule has 0 unspecified atom stereocenters. The van der Waals surface area contributed by atoms with E-state index in [0.29, 0.717) is 18.5 Å². The number of carbonyl (C=O) groups is 2. The zero-order chi connectivity index (χ0) is 18.0. The van der Waals surface area contributed by atoms with E-state index in [1.807, 2.05) is 63.2 Å². The number of hydrogen-bond donors (Lipinski definition) is 1. The molecule has 3 rings (SSSR count). The summed E-state index contributed by atoms with van der Waals surface area (Å²) in [5.74, 6) is -0.167. The monoisotopic (exact) mass is 336 g/mol. The Labute approximate surface area is 148 Å². The predicted molar refractivity (Wildman–Crippen MR) is 99.6 cm³/mol. The molecule has 0 saturated heterocycles. The van der Waals surface area contributed by atoms with Crippen LogP contribution in [-0.4, -0.2) is 22.8 Å². The molecule has 130 valence electrons. The van der Waals surface area contributed by atoms with Crippen LogP contribution in [0.4, 0.5) is 5.69 Å². The fourth-order valence-corrected chi connectivity index (χ4v) is 3.40. The van der Waals surface area contributed by atoms with Crippen molar-refractivity contribution in [2.45, 2.75) is 46.2 Å². The van der Waals surface area contributed by atoms with Crippen LogP contribution in [0.3, 0.4) is 0 Å². The Hall–Kier alpha value is -2.62. The molecule has 2 aromatic carbocycles. The lowest BCUT2D eigenvalue weighted by Crippen LogP contribution is -2.44. The standard InChI is InChI=1S/C21H24N2O2/c1-4-7-19(20(24)22-18-11-10-14(2)12-15(18)3)23-13-16-8-5-6-9-17(16)21(23)25/h5-6,8-12,19H,4,7,13H2,1-3H3,(H,22,24)/t19-/m1/s1. The summed E-state index contributed by atoms with van der Waals surface area (Å²) in [6.07, 6.45) is 1.49. The first-order valence-electron chi connectivity index (χ1n) is 8.78. The van der Waals surface area contributed by atoms with Crippen molar-refractivity contribution >= 4 is 17.5 Å². The molecule has 0 aliphatic carbocycles. The first-order valence-corrected chi connectivity index (χ1v) is 8.78. The molecule has 25 heavy (non-hydrogen) atoms. The first-order chi connectivity index (χ1) is 12.0. The summed E-state index contributed by atoms with van der Waals surface area (Å²) in [5, 5.41) is 3.01. The van der Waals surface area contributed by atoms with Gasteiger partial charge in [0, 0.05) is 17.8 Å². The first kappa shape index (κ1) is 17.2. The molecule has 0 fully saturated rings. The van der Waals surface area contributed by atoms with Gasteiger partial charge in [-0.3, -0.25) is 9.59 Å². The van der Waals surface area contributed by atoms with Gasteiger partial charge < -0.3 is 10.2 Å². The van der Waals surface area contributed by atoms with E-state index >= 15 is 0 Å². The van der Waals surface area contributed by atoms with Gasteiger partial charge in [-0.25, -0.2) is 0 Å². The van der Waals surface area contributed by atoms with E-state index in [1.165, 1.54) is 0 Å². The minimum atomic E-state index is -0.453. The summed E-state index contributed by atoms with van der Waals surface area (Å²) >= 11 is 0. The van der Waals surface area contributed by atoms with Crippen molar-refractivity contribution in [3.63, 3.8) is 0 Å². The van der Waals surface area contributed by atoms with Crippen molar-refractivity contribution in [1.82, 2.24) is 4.90 Å². The minimum Gasteiger partial charge on any atom is -0.324 e. The van der Waals surface area contributed by atoms with Crippen molar-refractivity contribution in [2.75, 3.05) is 5.32 Å². The zero-order valence-corrected chi connectivity index (χ0v) is 15.0. The Morgan fingerprint density at radius 1 is 1.20 bits per heavy atom. The number of amides is 2. The molecule has 0 spiro atoms. The van der Waals surface area contributed by atoms with E-state index in [0.717, 1.165) is 28.8 Å². The molecule has 1 aliphatic heterocycles. The molecule has 1 N–H and O–H groups in total. The molecule has 0 radical (unpaired) electrons. The van der Waals surface area contributed by atoms with E-state index in [9.17, 15) is 9.59 Å². The van der Waals surface area contributed by atoms with Gasteiger partial charge in [0.15, 0.2) is 0 Å². The summed E-state index contributed by atoms with van der Waals surface area (Å²) in [5.41, 5.74) is 4.70. The van der Waals surface area contributed by atoms with Crippen LogP contribution < -0.4 is 5.32 Å². The van der Waals surface area contributed by atoms with Gasteiger partial charge in [0.1, 0.15) is 6.04 Å². The fourth-order valence-electron chi connectivity index (χ4n) is 3.40. The third-order valence-electron chi connectivity index (χ3n) is 4.73. The van der Waals surface area contributed by atoms with Crippen LogP contribution in [0.15, 0.2) is 42.5 Å². The Kier molecular flexibility index (Phi) is 4.88. The topological polar surface area (TPSA) is 49.4 Å². The number of hydrogen-bond acceptors (Lipinski definition) is 2. The third kappa shape index (κ3) is 3.43. The van der Waals surface area contributed by atoms with Gasteiger partial charge >= 0.3 is 0 Å². The Balaban J connectivity index is 1.82.